The summed E-state index contributed by atoms with van der Waals surface area (Å²) in [6, 6.07) is 2.48. The summed E-state index contributed by atoms with van der Waals surface area (Å²) in [6.45, 7) is 3.85. The van der Waals surface area contributed by atoms with E-state index in [-0.39, 0.29) is 33.1 Å². The molecule has 1 rings (SSSR count). The van der Waals surface area contributed by atoms with Gasteiger partial charge in [0.15, 0.2) is 0 Å². The monoisotopic (exact) mass is 340 g/mol. The predicted molar refractivity (Wildman–Crippen MR) is 81.5 cm³/mol. The van der Waals surface area contributed by atoms with Crippen LogP contribution in [0.5, 0.6) is 0 Å². The van der Waals surface area contributed by atoms with Crippen LogP contribution in [0, 0.1) is 5.92 Å². The molecular formula is C12H18Cl2N2O3S. The molecule has 114 valence electrons. The van der Waals surface area contributed by atoms with Crippen molar-refractivity contribution >= 4 is 38.9 Å². The first kappa shape index (κ1) is 17.5. The van der Waals surface area contributed by atoms with Gasteiger partial charge in [-0.05, 0) is 24.5 Å². The Kier molecular flexibility index (Phi) is 6.09. The van der Waals surface area contributed by atoms with Gasteiger partial charge in [-0.3, -0.25) is 0 Å². The zero-order valence-corrected chi connectivity index (χ0v) is 13.6. The van der Waals surface area contributed by atoms with E-state index in [0.717, 1.165) is 0 Å². The van der Waals surface area contributed by atoms with E-state index < -0.39 is 16.1 Å². The van der Waals surface area contributed by atoms with Crippen LogP contribution in [-0.2, 0) is 10.0 Å². The molecule has 0 radical (unpaired) electrons. The van der Waals surface area contributed by atoms with Crippen molar-refractivity contribution in [3.63, 3.8) is 0 Å². The van der Waals surface area contributed by atoms with E-state index in [0.29, 0.717) is 6.42 Å². The van der Waals surface area contributed by atoms with Crippen molar-refractivity contribution in [1.29, 1.82) is 0 Å². The highest BCUT2D eigenvalue weighted by molar-refractivity contribution is 7.89. The van der Waals surface area contributed by atoms with E-state index in [1.54, 1.807) is 0 Å². The zero-order chi connectivity index (χ0) is 15.5. The first-order valence-electron chi connectivity index (χ1n) is 6.07. The van der Waals surface area contributed by atoms with E-state index >= 15 is 0 Å². The van der Waals surface area contributed by atoms with Gasteiger partial charge in [-0.1, -0.05) is 37.0 Å². The summed E-state index contributed by atoms with van der Waals surface area (Å²) in [5, 5.41) is 9.79. The van der Waals surface area contributed by atoms with Gasteiger partial charge in [-0.2, -0.15) is 0 Å². The largest absolute Gasteiger partial charge is 0.396 e. The van der Waals surface area contributed by atoms with Crippen LogP contribution in [0.2, 0.25) is 10.0 Å². The summed E-state index contributed by atoms with van der Waals surface area (Å²) in [7, 11) is -3.73. The normalized spacial score (nSPS) is 13.7. The highest BCUT2D eigenvalue weighted by atomic mass is 35.5. The summed E-state index contributed by atoms with van der Waals surface area (Å²) >= 11 is 11.6. The number of nitrogens with one attached hydrogen (secondary N) is 1. The minimum Gasteiger partial charge on any atom is -0.396 e. The molecule has 5 nitrogen and oxygen atoms in total. The topological polar surface area (TPSA) is 92.4 Å². The fourth-order valence-corrected chi connectivity index (χ4v) is 3.19. The van der Waals surface area contributed by atoms with E-state index in [4.69, 9.17) is 28.9 Å². The Morgan fingerprint density at radius 3 is 2.25 bits per heavy atom. The van der Waals surface area contributed by atoms with Crippen molar-refractivity contribution < 1.29 is 13.5 Å². The number of hydrogen-bond donors (Lipinski definition) is 3. The van der Waals surface area contributed by atoms with Crippen LogP contribution in [0.15, 0.2) is 17.0 Å². The smallest absolute Gasteiger partial charge is 0.240 e. The van der Waals surface area contributed by atoms with Gasteiger partial charge in [0.2, 0.25) is 10.0 Å². The molecule has 1 aromatic carbocycles. The summed E-state index contributed by atoms with van der Waals surface area (Å²) in [4.78, 5) is -0.0549. The summed E-state index contributed by atoms with van der Waals surface area (Å²) in [6.07, 6.45) is -0.232. The minimum atomic E-state index is -3.73. The highest BCUT2D eigenvalue weighted by Gasteiger charge is 2.18. The van der Waals surface area contributed by atoms with Crippen LogP contribution >= 0.6 is 23.2 Å². The van der Waals surface area contributed by atoms with E-state index in [1.165, 1.54) is 12.1 Å². The van der Waals surface area contributed by atoms with Gasteiger partial charge in [-0.25, -0.2) is 13.1 Å². The zero-order valence-electron chi connectivity index (χ0n) is 11.2. The molecule has 0 saturated heterocycles. The fourth-order valence-electron chi connectivity index (χ4n) is 1.47. The Morgan fingerprint density at radius 1 is 1.30 bits per heavy atom. The van der Waals surface area contributed by atoms with Crippen LogP contribution in [-0.4, -0.2) is 26.2 Å². The molecule has 1 atom stereocenters. The van der Waals surface area contributed by atoms with Crippen LogP contribution in [0.25, 0.3) is 0 Å². The molecule has 0 fully saturated rings. The summed E-state index contributed by atoms with van der Waals surface area (Å²) in [5.41, 5.74) is 5.70. The van der Waals surface area contributed by atoms with Crippen molar-refractivity contribution in [1.82, 2.24) is 4.72 Å². The number of benzene rings is 1. The van der Waals surface area contributed by atoms with Crippen molar-refractivity contribution in [2.24, 2.45) is 5.92 Å². The lowest BCUT2D eigenvalue weighted by Crippen LogP contribution is -2.28. The van der Waals surface area contributed by atoms with Crippen molar-refractivity contribution in [3.05, 3.63) is 22.2 Å². The average molecular weight is 341 g/mol. The van der Waals surface area contributed by atoms with Gasteiger partial charge in [0.25, 0.3) is 0 Å². The molecule has 8 heteroatoms. The Bertz CT molecular complexity index is 553. The fraction of sp³-hybridized carbons (Fsp3) is 0.500. The molecule has 0 amide bonds. The number of nitrogen functional groups attached to an aromatic ring is 1. The lowest BCUT2D eigenvalue weighted by molar-refractivity contribution is 0.118. The van der Waals surface area contributed by atoms with Crippen LogP contribution in [0.1, 0.15) is 20.3 Å². The number of aliphatic hydroxyl groups excluding tert-OH is 1. The maximum Gasteiger partial charge on any atom is 0.240 e. The molecule has 0 aliphatic carbocycles. The van der Waals surface area contributed by atoms with E-state index in [1.807, 2.05) is 13.8 Å². The van der Waals surface area contributed by atoms with Crippen molar-refractivity contribution in [3.8, 4) is 0 Å². The summed E-state index contributed by atoms with van der Waals surface area (Å²) in [5.74, 6) is 0.0694. The van der Waals surface area contributed by atoms with Gasteiger partial charge in [-0.15, -0.1) is 0 Å². The van der Waals surface area contributed by atoms with Gasteiger partial charge in [0, 0.05) is 6.54 Å². The molecule has 0 aliphatic heterocycles. The van der Waals surface area contributed by atoms with E-state index in [9.17, 15) is 13.5 Å². The maximum absolute atomic E-state index is 12.0. The number of anilines is 1. The standard InChI is InChI=1S/C12H18Cl2N2O3S/c1-7(2)11(17)3-4-16-20(18,19)8-5-9(13)12(15)10(14)6-8/h5-7,11,16-17H,3-4,15H2,1-2H3. The highest BCUT2D eigenvalue weighted by Crippen LogP contribution is 2.30. The van der Waals surface area contributed by atoms with Crippen molar-refractivity contribution in [2.45, 2.75) is 31.3 Å². The SMILES string of the molecule is CC(C)C(O)CCNS(=O)(=O)c1cc(Cl)c(N)c(Cl)c1. The number of rotatable bonds is 6. The van der Waals surface area contributed by atoms with Crippen LogP contribution < -0.4 is 10.5 Å². The number of aliphatic hydroxyl groups is 1. The number of hydrogen-bond acceptors (Lipinski definition) is 4. The molecule has 1 aromatic rings. The van der Waals surface area contributed by atoms with E-state index in [2.05, 4.69) is 4.72 Å². The Morgan fingerprint density at radius 2 is 1.80 bits per heavy atom. The Hall–Kier alpha value is -0.530. The molecule has 0 aromatic heterocycles. The lowest BCUT2D eigenvalue weighted by atomic mass is 10.1. The predicted octanol–water partition coefficient (Wildman–Crippen LogP) is 2.26. The number of sulfonamides is 1. The van der Waals surface area contributed by atoms with Crippen LogP contribution in [0.3, 0.4) is 0 Å². The molecule has 0 heterocycles. The third-order valence-corrected chi connectivity index (χ3v) is 4.93. The second-order valence-electron chi connectivity index (χ2n) is 4.80. The molecule has 20 heavy (non-hydrogen) atoms. The number of halogens is 2. The molecule has 0 spiro atoms. The second-order valence-corrected chi connectivity index (χ2v) is 7.38. The average Bonchev–Trinajstić information content (AvgIpc) is 2.34. The third-order valence-electron chi connectivity index (χ3n) is 2.86. The quantitative estimate of drug-likeness (QED) is 0.692. The molecule has 0 saturated carbocycles. The minimum absolute atomic E-state index is 0.0549. The molecule has 0 bridgehead atoms. The summed E-state index contributed by atoms with van der Waals surface area (Å²) < 4.78 is 26.5. The Balaban J connectivity index is 2.80. The second kappa shape index (κ2) is 6.95. The molecule has 4 N–H and O–H groups in total. The number of nitrogens with two attached hydrogens (primary N) is 1. The molecular weight excluding hydrogens is 323 g/mol. The first-order chi connectivity index (χ1) is 9.15. The Labute approximate surface area is 129 Å². The van der Waals surface area contributed by atoms with Gasteiger partial charge in [0.05, 0.1) is 26.7 Å². The van der Waals surface area contributed by atoms with Gasteiger partial charge in [0.1, 0.15) is 0 Å². The molecule has 0 aliphatic rings. The van der Waals surface area contributed by atoms with Gasteiger partial charge >= 0.3 is 0 Å². The third kappa shape index (κ3) is 4.49. The molecule has 1 unspecified atom stereocenters. The first-order valence-corrected chi connectivity index (χ1v) is 8.31. The van der Waals surface area contributed by atoms with Gasteiger partial charge < -0.3 is 10.8 Å². The van der Waals surface area contributed by atoms with Crippen molar-refractivity contribution in [2.75, 3.05) is 12.3 Å². The van der Waals surface area contributed by atoms with Crippen LogP contribution in [0.4, 0.5) is 5.69 Å². The maximum atomic E-state index is 12.0. The lowest BCUT2D eigenvalue weighted by Gasteiger charge is -2.15.